The minimum absolute atomic E-state index is 0.235. The van der Waals surface area contributed by atoms with Crippen LogP contribution in [0.4, 0.5) is 10.7 Å². The quantitative estimate of drug-likeness (QED) is 0.382. The summed E-state index contributed by atoms with van der Waals surface area (Å²) in [5, 5.41) is 6.45. The van der Waals surface area contributed by atoms with Gasteiger partial charge < -0.3 is 15.6 Å². The number of aryl methyl sites for hydroxylation is 2. The molecule has 0 spiro atoms. The Morgan fingerprint density at radius 1 is 1.03 bits per heavy atom. The van der Waals surface area contributed by atoms with Crippen LogP contribution in [0.15, 0.2) is 59.7 Å². The highest BCUT2D eigenvalue weighted by molar-refractivity contribution is 7.17. The average molecular weight is 486 g/mol. The third kappa shape index (κ3) is 4.90. The Hall–Kier alpha value is -4.11. The average Bonchev–Trinajstić information content (AvgIpc) is 3.22. The summed E-state index contributed by atoms with van der Waals surface area (Å²) in [6.45, 7) is 1.76. The fourth-order valence-corrected chi connectivity index (χ4v) is 5.50. The SMILES string of the molecule is Cc1cc(=O)[nH]c(-c2cccc(NC(=O)c3c(NC(=O)c4cccnc4)sc4c3CCCC4)c2)n1. The number of thiophene rings is 1. The van der Waals surface area contributed by atoms with Gasteiger partial charge in [0.25, 0.3) is 17.4 Å². The summed E-state index contributed by atoms with van der Waals surface area (Å²) >= 11 is 1.46. The van der Waals surface area contributed by atoms with E-state index in [1.54, 1.807) is 43.5 Å². The van der Waals surface area contributed by atoms with E-state index >= 15 is 0 Å². The molecule has 8 nitrogen and oxygen atoms in total. The maximum absolute atomic E-state index is 13.5. The van der Waals surface area contributed by atoms with Gasteiger partial charge in [-0.15, -0.1) is 11.3 Å². The number of pyridine rings is 1. The fourth-order valence-electron chi connectivity index (χ4n) is 4.22. The molecule has 0 bridgehead atoms. The van der Waals surface area contributed by atoms with Crippen LogP contribution in [0, 0.1) is 6.92 Å². The second kappa shape index (κ2) is 9.63. The largest absolute Gasteiger partial charge is 0.322 e. The highest BCUT2D eigenvalue weighted by atomic mass is 32.1. The van der Waals surface area contributed by atoms with Crippen molar-refractivity contribution >= 4 is 33.8 Å². The number of hydrogen-bond donors (Lipinski definition) is 3. The first-order valence-corrected chi connectivity index (χ1v) is 12.2. The molecule has 0 unspecified atom stereocenters. The summed E-state index contributed by atoms with van der Waals surface area (Å²) in [5.41, 5.74) is 3.56. The van der Waals surface area contributed by atoms with E-state index in [4.69, 9.17) is 0 Å². The van der Waals surface area contributed by atoms with Crippen molar-refractivity contribution in [3.63, 3.8) is 0 Å². The highest BCUT2D eigenvalue weighted by Crippen LogP contribution is 2.39. The molecule has 4 aromatic rings. The first-order valence-electron chi connectivity index (χ1n) is 11.3. The molecule has 3 aromatic heterocycles. The number of aromatic amines is 1. The van der Waals surface area contributed by atoms with Crippen LogP contribution in [0.1, 0.15) is 49.7 Å². The molecule has 1 aromatic carbocycles. The molecule has 1 aliphatic carbocycles. The molecule has 9 heteroatoms. The van der Waals surface area contributed by atoms with E-state index in [1.165, 1.54) is 23.6 Å². The number of nitrogens with one attached hydrogen (secondary N) is 3. The van der Waals surface area contributed by atoms with Gasteiger partial charge in [0.2, 0.25) is 0 Å². The molecule has 0 fully saturated rings. The number of carbonyl (C=O) groups is 2. The molecule has 35 heavy (non-hydrogen) atoms. The van der Waals surface area contributed by atoms with E-state index in [0.29, 0.717) is 38.9 Å². The Kier molecular flexibility index (Phi) is 6.24. The van der Waals surface area contributed by atoms with E-state index in [0.717, 1.165) is 36.1 Å². The minimum Gasteiger partial charge on any atom is -0.322 e. The summed E-state index contributed by atoms with van der Waals surface area (Å²) in [6, 6.07) is 12.0. The Balaban J connectivity index is 1.45. The second-order valence-corrected chi connectivity index (χ2v) is 9.49. The lowest BCUT2D eigenvalue weighted by Crippen LogP contribution is -2.18. The van der Waals surface area contributed by atoms with Crippen molar-refractivity contribution < 1.29 is 9.59 Å². The topological polar surface area (TPSA) is 117 Å². The van der Waals surface area contributed by atoms with Gasteiger partial charge in [-0.1, -0.05) is 12.1 Å². The van der Waals surface area contributed by atoms with Crippen LogP contribution in [-0.2, 0) is 12.8 Å². The molecule has 1 aliphatic rings. The Morgan fingerprint density at radius 3 is 2.69 bits per heavy atom. The Bertz CT molecular complexity index is 1480. The van der Waals surface area contributed by atoms with Crippen LogP contribution >= 0.6 is 11.3 Å². The summed E-state index contributed by atoms with van der Waals surface area (Å²) in [6.07, 6.45) is 6.86. The van der Waals surface area contributed by atoms with Crippen LogP contribution in [0.2, 0.25) is 0 Å². The molecule has 3 N–H and O–H groups in total. The van der Waals surface area contributed by atoms with Crippen molar-refractivity contribution in [3.8, 4) is 11.4 Å². The lowest BCUT2D eigenvalue weighted by molar-refractivity contribution is 0.102. The van der Waals surface area contributed by atoms with Gasteiger partial charge in [0.1, 0.15) is 10.8 Å². The molecular formula is C26H23N5O3S. The zero-order valence-electron chi connectivity index (χ0n) is 19.1. The molecule has 3 heterocycles. The standard InChI is InChI=1S/C26H23N5O3S/c1-15-12-21(32)30-23(28-15)16-6-4-8-18(13-16)29-25(34)22-19-9-2-3-10-20(19)35-26(22)31-24(33)17-7-5-11-27-14-17/h4-8,11-14H,2-3,9-10H2,1H3,(H,29,34)(H,31,33)(H,28,30,32). The monoisotopic (exact) mass is 485 g/mol. The number of amides is 2. The van der Waals surface area contributed by atoms with Gasteiger partial charge in [-0.25, -0.2) is 4.98 Å². The zero-order chi connectivity index (χ0) is 24.4. The predicted octanol–water partition coefficient (Wildman–Crippen LogP) is 4.59. The minimum atomic E-state index is -0.303. The van der Waals surface area contributed by atoms with E-state index in [1.807, 2.05) is 6.07 Å². The molecule has 5 rings (SSSR count). The molecule has 2 amide bonds. The zero-order valence-corrected chi connectivity index (χ0v) is 19.9. The van der Waals surface area contributed by atoms with E-state index < -0.39 is 0 Å². The molecule has 176 valence electrons. The van der Waals surface area contributed by atoms with E-state index in [-0.39, 0.29) is 17.4 Å². The molecule has 0 aliphatic heterocycles. The molecular weight excluding hydrogens is 462 g/mol. The van der Waals surface area contributed by atoms with Gasteiger partial charge >= 0.3 is 0 Å². The van der Waals surface area contributed by atoms with Crippen molar-refractivity contribution in [2.24, 2.45) is 0 Å². The summed E-state index contributed by atoms with van der Waals surface area (Å²) in [4.78, 5) is 50.4. The van der Waals surface area contributed by atoms with Crippen LogP contribution in [-0.4, -0.2) is 26.8 Å². The number of hydrogen-bond acceptors (Lipinski definition) is 6. The lowest BCUT2D eigenvalue weighted by Gasteiger charge is -2.14. The molecule has 0 radical (unpaired) electrons. The molecule has 0 atom stereocenters. The summed E-state index contributed by atoms with van der Waals surface area (Å²) < 4.78 is 0. The Morgan fingerprint density at radius 2 is 1.89 bits per heavy atom. The Labute approximate surface area is 205 Å². The first kappa shape index (κ1) is 22.7. The third-order valence-electron chi connectivity index (χ3n) is 5.81. The molecule has 0 saturated carbocycles. The maximum Gasteiger partial charge on any atom is 0.258 e. The maximum atomic E-state index is 13.5. The number of nitrogens with zero attached hydrogens (tertiary/aromatic N) is 2. The van der Waals surface area contributed by atoms with Crippen molar-refractivity contribution in [3.05, 3.63) is 92.5 Å². The predicted molar refractivity (Wildman–Crippen MR) is 136 cm³/mol. The highest BCUT2D eigenvalue weighted by Gasteiger charge is 2.27. The number of anilines is 2. The number of benzene rings is 1. The van der Waals surface area contributed by atoms with Crippen molar-refractivity contribution in [1.29, 1.82) is 0 Å². The van der Waals surface area contributed by atoms with Crippen LogP contribution in [0.3, 0.4) is 0 Å². The molecule has 0 saturated heterocycles. The summed E-state index contributed by atoms with van der Waals surface area (Å²) in [5.74, 6) is -0.153. The normalized spacial score (nSPS) is 12.6. The first-order chi connectivity index (χ1) is 17.0. The van der Waals surface area contributed by atoms with Gasteiger partial charge in [-0.3, -0.25) is 19.4 Å². The van der Waals surface area contributed by atoms with Crippen LogP contribution < -0.4 is 16.2 Å². The number of fused-ring (bicyclic) bond motifs is 1. The van der Waals surface area contributed by atoms with E-state index in [2.05, 4.69) is 25.6 Å². The van der Waals surface area contributed by atoms with Gasteiger partial charge in [-0.05, 0) is 62.4 Å². The van der Waals surface area contributed by atoms with E-state index in [9.17, 15) is 14.4 Å². The second-order valence-electron chi connectivity index (χ2n) is 8.38. The van der Waals surface area contributed by atoms with Crippen LogP contribution in [0.5, 0.6) is 0 Å². The smallest absolute Gasteiger partial charge is 0.258 e. The van der Waals surface area contributed by atoms with Crippen molar-refractivity contribution in [2.75, 3.05) is 10.6 Å². The van der Waals surface area contributed by atoms with Gasteiger partial charge in [0.15, 0.2) is 0 Å². The summed E-state index contributed by atoms with van der Waals surface area (Å²) in [7, 11) is 0. The number of carbonyl (C=O) groups excluding carboxylic acids is 2. The van der Waals surface area contributed by atoms with Gasteiger partial charge in [0, 0.05) is 40.3 Å². The van der Waals surface area contributed by atoms with Crippen molar-refractivity contribution in [1.82, 2.24) is 15.0 Å². The third-order valence-corrected chi connectivity index (χ3v) is 7.02. The fraction of sp³-hybridized carbons (Fsp3) is 0.192. The van der Waals surface area contributed by atoms with Crippen LogP contribution in [0.25, 0.3) is 11.4 Å². The lowest BCUT2D eigenvalue weighted by atomic mass is 9.95. The number of H-pyrrole nitrogens is 1. The van der Waals surface area contributed by atoms with Crippen molar-refractivity contribution in [2.45, 2.75) is 32.6 Å². The van der Waals surface area contributed by atoms with Gasteiger partial charge in [0.05, 0.1) is 11.1 Å². The number of aromatic nitrogens is 3. The number of rotatable bonds is 5. The van der Waals surface area contributed by atoms with Gasteiger partial charge in [-0.2, -0.15) is 0 Å².